The van der Waals surface area contributed by atoms with Gasteiger partial charge in [-0.1, -0.05) is 47.6 Å². The van der Waals surface area contributed by atoms with Crippen LogP contribution in [0.5, 0.6) is 0 Å². The summed E-state index contributed by atoms with van der Waals surface area (Å²) in [6.45, 7) is 0.141. The van der Waals surface area contributed by atoms with E-state index in [1.807, 2.05) is 54.6 Å². The molecule has 1 amide bonds. The van der Waals surface area contributed by atoms with Gasteiger partial charge in [-0.3, -0.25) is 5.32 Å². The zero-order valence-corrected chi connectivity index (χ0v) is 14.8. The highest BCUT2D eigenvalue weighted by Gasteiger charge is 2.09. The van der Waals surface area contributed by atoms with Gasteiger partial charge in [-0.2, -0.15) is 0 Å². The van der Waals surface area contributed by atoms with E-state index >= 15 is 0 Å². The van der Waals surface area contributed by atoms with Crippen molar-refractivity contribution < 1.29 is 9.53 Å². The van der Waals surface area contributed by atoms with Crippen molar-refractivity contribution in [2.45, 2.75) is 16.5 Å². The Hall–Kier alpha value is -2.50. The zero-order chi connectivity index (χ0) is 17.5. The molecule has 1 N–H and O–H groups in total. The molecule has 0 aliphatic rings. The Morgan fingerprint density at radius 3 is 2.56 bits per heavy atom. The second kappa shape index (κ2) is 8.55. The van der Waals surface area contributed by atoms with Gasteiger partial charge in [0, 0.05) is 27.4 Å². The Morgan fingerprint density at radius 1 is 1.04 bits per heavy atom. The van der Waals surface area contributed by atoms with E-state index < -0.39 is 6.09 Å². The molecular formula is C19H15ClN2O2S. The number of pyridine rings is 1. The summed E-state index contributed by atoms with van der Waals surface area (Å²) in [5, 5.41) is 4.16. The standard InChI is InChI=1S/C19H15ClN2O2S/c20-15-8-10-17(11-9-15)25-18-14(5-4-12-21-18)13-24-19(23)22-16-6-2-1-3-7-16/h1-12H,13H2,(H,22,23). The zero-order valence-electron chi connectivity index (χ0n) is 13.2. The molecule has 3 aromatic rings. The molecule has 126 valence electrons. The molecule has 1 heterocycles. The Kier molecular flexibility index (Phi) is 5.93. The number of benzene rings is 2. The van der Waals surface area contributed by atoms with Crippen molar-refractivity contribution in [3.63, 3.8) is 0 Å². The number of anilines is 1. The van der Waals surface area contributed by atoms with Crippen molar-refractivity contribution in [2.75, 3.05) is 5.32 Å². The van der Waals surface area contributed by atoms with Gasteiger partial charge in [-0.25, -0.2) is 9.78 Å². The number of halogens is 1. The number of rotatable bonds is 5. The van der Waals surface area contributed by atoms with E-state index in [2.05, 4.69) is 10.3 Å². The van der Waals surface area contributed by atoms with Crippen LogP contribution in [0.15, 0.2) is 82.8 Å². The average molecular weight is 371 g/mol. The summed E-state index contributed by atoms with van der Waals surface area (Å²) in [6, 6.07) is 20.4. The highest BCUT2D eigenvalue weighted by atomic mass is 35.5. The van der Waals surface area contributed by atoms with Gasteiger partial charge in [0.25, 0.3) is 0 Å². The molecule has 0 aliphatic carbocycles. The molecule has 0 saturated carbocycles. The lowest BCUT2D eigenvalue weighted by Crippen LogP contribution is -2.13. The summed E-state index contributed by atoms with van der Waals surface area (Å²) in [4.78, 5) is 17.3. The fourth-order valence-electron chi connectivity index (χ4n) is 2.06. The monoisotopic (exact) mass is 370 g/mol. The highest BCUT2D eigenvalue weighted by Crippen LogP contribution is 2.29. The van der Waals surface area contributed by atoms with Crippen LogP contribution in [0.4, 0.5) is 10.5 Å². The number of amides is 1. The van der Waals surface area contributed by atoms with E-state index in [-0.39, 0.29) is 6.61 Å². The van der Waals surface area contributed by atoms with Crippen LogP contribution in [0.2, 0.25) is 5.02 Å². The van der Waals surface area contributed by atoms with Gasteiger partial charge < -0.3 is 4.74 Å². The second-order valence-corrected chi connectivity index (χ2v) is 6.59. The lowest BCUT2D eigenvalue weighted by molar-refractivity contribution is 0.154. The summed E-state index contributed by atoms with van der Waals surface area (Å²) in [5.74, 6) is 0. The van der Waals surface area contributed by atoms with E-state index in [0.29, 0.717) is 10.7 Å². The number of hydrogen-bond donors (Lipinski definition) is 1. The maximum Gasteiger partial charge on any atom is 0.411 e. The quantitative estimate of drug-likeness (QED) is 0.631. The van der Waals surface area contributed by atoms with Crippen LogP contribution in [0.3, 0.4) is 0 Å². The summed E-state index contributed by atoms with van der Waals surface area (Å²) < 4.78 is 5.31. The second-order valence-electron chi connectivity index (χ2n) is 5.09. The normalized spacial score (nSPS) is 10.3. The Labute approximate surface area is 155 Å². The van der Waals surface area contributed by atoms with E-state index in [9.17, 15) is 4.79 Å². The fraction of sp³-hybridized carbons (Fsp3) is 0.0526. The molecule has 25 heavy (non-hydrogen) atoms. The van der Waals surface area contributed by atoms with E-state index in [4.69, 9.17) is 16.3 Å². The SMILES string of the molecule is O=C(Nc1ccccc1)OCc1cccnc1Sc1ccc(Cl)cc1. The topological polar surface area (TPSA) is 51.2 Å². The van der Waals surface area contributed by atoms with Crippen LogP contribution in [-0.2, 0) is 11.3 Å². The molecule has 3 rings (SSSR count). The van der Waals surface area contributed by atoms with Gasteiger partial charge in [0.05, 0.1) is 0 Å². The molecule has 1 aromatic heterocycles. The first-order valence-corrected chi connectivity index (χ1v) is 8.76. The lowest BCUT2D eigenvalue weighted by atomic mass is 10.3. The summed E-state index contributed by atoms with van der Waals surface area (Å²) in [7, 11) is 0. The number of para-hydroxylation sites is 1. The number of nitrogens with one attached hydrogen (secondary N) is 1. The van der Waals surface area contributed by atoms with Gasteiger partial charge in [0.15, 0.2) is 0 Å². The third-order valence-electron chi connectivity index (χ3n) is 3.26. The van der Waals surface area contributed by atoms with Crippen molar-refractivity contribution >= 4 is 35.1 Å². The smallest absolute Gasteiger partial charge is 0.411 e. The number of carbonyl (C=O) groups excluding carboxylic acids is 1. The maximum atomic E-state index is 11.9. The van der Waals surface area contributed by atoms with Crippen LogP contribution in [0.25, 0.3) is 0 Å². The number of carbonyl (C=O) groups is 1. The molecule has 0 fully saturated rings. The molecule has 0 radical (unpaired) electrons. The Bertz CT molecular complexity index is 842. The first kappa shape index (κ1) is 17.3. The minimum Gasteiger partial charge on any atom is -0.444 e. The summed E-state index contributed by atoms with van der Waals surface area (Å²) in [6.07, 6.45) is 1.21. The maximum absolute atomic E-state index is 11.9. The highest BCUT2D eigenvalue weighted by molar-refractivity contribution is 7.99. The first-order chi connectivity index (χ1) is 12.2. The van der Waals surface area contributed by atoms with Gasteiger partial charge in [0.1, 0.15) is 11.6 Å². The Morgan fingerprint density at radius 2 is 1.80 bits per heavy atom. The summed E-state index contributed by atoms with van der Waals surface area (Å²) in [5.41, 5.74) is 1.53. The number of hydrogen-bond acceptors (Lipinski definition) is 4. The third kappa shape index (κ3) is 5.24. The van der Waals surface area contributed by atoms with Crippen molar-refractivity contribution in [1.29, 1.82) is 0 Å². The van der Waals surface area contributed by atoms with E-state index in [0.717, 1.165) is 15.5 Å². The number of nitrogens with zero attached hydrogens (tertiary/aromatic N) is 1. The predicted molar refractivity (Wildman–Crippen MR) is 100 cm³/mol. The molecule has 0 spiro atoms. The fourth-order valence-corrected chi connectivity index (χ4v) is 3.05. The van der Waals surface area contributed by atoms with Crippen LogP contribution in [0.1, 0.15) is 5.56 Å². The first-order valence-electron chi connectivity index (χ1n) is 7.57. The average Bonchev–Trinajstić information content (AvgIpc) is 2.64. The van der Waals surface area contributed by atoms with Crippen molar-refractivity contribution in [3.8, 4) is 0 Å². The third-order valence-corrected chi connectivity index (χ3v) is 4.58. The van der Waals surface area contributed by atoms with Gasteiger partial charge in [-0.15, -0.1) is 0 Å². The molecule has 0 unspecified atom stereocenters. The van der Waals surface area contributed by atoms with Crippen LogP contribution in [-0.4, -0.2) is 11.1 Å². The minimum absolute atomic E-state index is 0.141. The van der Waals surface area contributed by atoms with Crippen LogP contribution >= 0.6 is 23.4 Å². The molecular weight excluding hydrogens is 356 g/mol. The molecule has 0 atom stereocenters. The lowest BCUT2D eigenvalue weighted by Gasteiger charge is -2.10. The van der Waals surface area contributed by atoms with Gasteiger partial charge in [0.2, 0.25) is 0 Å². The van der Waals surface area contributed by atoms with Gasteiger partial charge in [-0.05, 0) is 42.5 Å². The Balaban J connectivity index is 1.62. The minimum atomic E-state index is -0.502. The van der Waals surface area contributed by atoms with Crippen LogP contribution < -0.4 is 5.32 Å². The van der Waals surface area contributed by atoms with Crippen molar-refractivity contribution in [3.05, 3.63) is 83.5 Å². The van der Waals surface area contributed by atoms with E-state index in [1.165, 1.54) is 11.8 Å². The predicted octanol–water partition coefficient (Wildman–Crippen LogP) is 5.63. The molecule has 0 saturated heterocycles. The van der Waals surface area contributed by atoms with Gasteiger partial charge >= 0.3 is 6.09 Å². The van der Waals surface area contributed by atoms with E-state index in [1.54, 1.807) is 18.3 Å². The molecule has 0 aliphatic heterocycles. The molecule has 0 bridgehead atoms. The largest absolute Gasteiger partial charge is 0.444 e. The van der Waals surface area contributed by atoms with Crippen molar-refractivity contribution in [2.24, 2.45) is 0 Å². The van der Waals surface area contributed by atoms with Crippen molar-refractivity contribution in [1.82, 2.24) is 4.98 Å². The molecule has 4 nitrogen and oxygen atoms in total. The number of ether oxygens (including phenoxy) is 1. The molecule has 6 heteroatoms. The summed E-state index contributed by atoms with van der Waals surface area (Å²) >= 11 is 7.40. The number of aromatic nitrogens is 1. The molecule has 2 aromatic carbocycles. The van der Waals surface area contributed by atoms with Crippen LogP contribution in [0, 0.1) is 0 Å².